The van der Waals surface area contributed by atoms with Gasteiger partial charge in [-0.1, -0.05) is 24.6 Å². The van der Waals surface area contributed by atoms with Gasteiger partial charge in [-0.05, 0) is 49.6 Å². The molecule has 0 aromatic heterocycles. The lowest BCUT2D eigenvalue weighted by atomic mass is 10.1. The standard InChI is InChI=1S/C21H23N3O3S/c1-16(25)17-9-10-18(14-22)20(13-17)23-15-19-7-3-4-8-21(19)28(26,27)24-11-5-2-6-12-24/h3-4,7-10,13,23H,2,5-6,11-12,15H2,1H3. The Morgan fingerprint density at radius 1 is 1.14 bits per heavy atom. The van der Waals surface area contributed by atoms with Crippen LogP contribution in [0.3, 0.4) is 0 Å². The Morgan fingerprint density at radius 3 is 2.54 bits per heavy atom. The van der Waals surface area contributed by atoms with Gasteiger partial charge in [0.15, 0.2) is 5.78 Å². The van der Waals surface area contributed by atoms with Gasteiger partial charge in [-0.15, -0.1) is 0 Å². The third-order valence-corrected chi connectivity index (χ3v) is 6.92. The lowest BCUT2D eigenvalue weighted by Gasteiger charge is -2.27. The van der Waals surface area contributed by atoms with Crippen molar-refractivity contribution in [3.8, 4) is 6.07 Å². The average molecular weight is 398 g/mol. The fourth-order valence-corrected chi connectivity index (χ4v) is 5.08. The summed E-state index contributed by atoms with van der Waals surface area (Å²) in [5, 5.41) is 12.5. The summed E-state index contributed by atoms with van der Waals surface area (Å²) in [5.41, 5.74) is 2.04. The maximum atomic E-state index is 13.1. The molecule has 0 spiro atoms. The van der Waals surface area contributed by atoms with Crippen LogP contribution in [0.1, 0.15) is 47.7 Å². The molecule has 0 radical (unpaired) electrons. The van der Waals surface area contributed by atoms with E-state index >= 15 is 0 Å². The zero-order chi connectivity index (χ0) is 20.1. The van der Waals surface area contributed by atoms with E-state index in [2.05, 4.69) is 11.4 Å². The molecule has 0 aliphatic carbocycles. The van der Waals surface area contributed by atoms with Crippen molar-refractivity contribution in [1.82, 2.24) is 4.31 Å². The van der Waals surface area contributed by atoms with Crippen LogP contribution in [0.15, 0.2) is 47.4 Å². The summed E-state index contributed by atoms with van der Waals surface area (Å²) in [6, 6.07) is 13.8. The number of Topliss-reactive ketones (excluding diaryl/α,β-unsaturated/α-hetero) is 1. The number of piperidine rings is 1. The summed E-state index contributed by atoms with van der Waals surface area (Å²) >= 11 is 0. The third kappa shape index (κ3) is 4.24. The SMILES string of the molecule is CC(=O)c1ccc(C#N)c(NCc2ccccc2S(=O)(=O)N2CCCCC2)c1. The monoisotopic (exact) mass is 397 g/mol. The fourth-order valence-electron chi connectivity index (χ4n) is 3.34. The minimum atomic E-state index is -3.56. The first-order valence-electron chi connectivity index (χ1n) is 9.30. The Labute approximate surface area is 165 Å². The third-order valence-electron chi connectivity index (χ3n) is 4.92. The molecule has 7 heteroatoms. The number of sulfonamides is 1. The largest absolute Gasteiger partial charge is 0.380 e. The molecule has 1 fully saturated rings. The predicted molar refractivity (Wildman–Crippen MR) is 108 cm³/mol. The van der Waals surface area contributed by atoms with Crippen molar-refractivity contribution >= 4 is 21.5 Å². The van der Waals surface area contributed by atoms with Crippen LogP contribution in [-0.4, -0.2) is 31.6 Å². The van der Waals surface area contributed by atoms with E-state index in [1.165, 1.54) is 6.92 Å². The van der Waals surface area contributed by atoms with Crippen molar-refractivity contribution in [2.75, 3.05) is 18.4 Å². The molecule has 0 bridgehead atoms. The highest BCUT2D eigenvalue weighted by Gasteiger charge is 2.27. The van der Waals surface area contributed by atoms with Crippen LogP contribution < -0.4 is 5.32 Å². The second-order valence-electron chi connectivity index (χ2n) is 6.85. The minimum Gasteiger partial charge on any atom is -0.380 e. The zero-order valence-corrected chi connectivity index (χ0v) is 16.6. The van der Waals surface area contributed by atoms with Gasteiger partial charge in [-0.25, -0.2) is 8.42 Å². The molecular weight excluding hydrogens is 374 g/mol. The normalized spacial score (nSPS) is 15.0. The zero-order valence-electron chi connectivity index (χ0n) is 15.8. The van der Waals surface area contributed by atoms with Crippen LogP contribution in [-0.2, 0) is 16.6 Å². The van der Waals surface area contributed by atoms with Gasteiger partial charge in [-0.2, -0.15) is 9.57 Å². The lowest BCUT2D eigenvalue weighted by molar-refractivity contribution is 0.101. The van der Waals surface area contributed by atoms with E-state index in [0.717, 1.165) is 19.3 Å². The molecule has 28 heavy (non-hydrogen) atoms. The smallest absolute Gasteiger partial charge is 0.243 e. The minimum absolute atomic E-state index is 0.0967. The second kappa shape index (κ2) is 8.55. The molecule has 3 rings (SSSR count). The summed E-state index contributed by atoms with van der Waals surface area (Å²) < 4.78 is 27.7. The topological polar surface area (TPSA) is 90.3 Å². The quantitative estimate of drug-likeness (QED) is 0.753. The van der Waals surface area contributed by atoms with E-state index in [0.29, 0.717) is 35.5 Å². The van der Waals surface area contributed by atoms with E-state index in [1.807, 2.05) is 0 Å². The lowest BCUT2D eigenvalue weighted by Crippen LogP contribution is -2.36. The number of carbonyl (C=O) groups is 1. The van der Waals surface area contributed by atoms with E-state index in [9.17, 15) is 18.5 Å². The van der Waals surface area contributed by atoms with Gasteiger partial charge in [-0.3, -0.25) is 4.79 Å². The molecule has 6 nitrogen and oxygen atoms in total. The molecule has 1 saturated heterocycles. The molecule has 1 aliphatic heterocycles. The Bertz CT molecular complexity index is 1020. The van der Waals surface area contributed by atoms with E-state index in [4.69, 9.17) is 0 Å². The van der Waals surface area contributed by atoms with Gasteiger partial charge < -0.3 is 5.32 Å². The summed E-state index contributed by atoms with van der Waals surface area (Å²) in [7, 11) is -3.56. The van der Waals surface area contributed by atoms with E-state index < -0.39 is 10.0 Å². The summed E-state index contributed by atoms with van der Waals surface area (Å²) in [4.78, 5) is 11.9. The molecule has 1 heterocycles. The van der Waals surface area contributed by atoms with Crippen LogP contribution in [0.5, 0.6) is 0 Å². The van der Waals surface area contributed by atoms with Crippen molar-refractivity contribution in [3.63, 3.8) is 0 Å². The van der Waals surface area contributed by atoms with Crippen molar-refractivity contribution in [2.24, 2.45) is 0 Å². The maximum Gasteiger partial charge on any atom is 0.243 e. The first kappa shape index (κ1) is 20.1. The average Bonchev–Trinajstić information content (AvgIpc) is 2.72. The molecule has 0 unspecified atom stereocenters. The molecule has 2 aromatic rings. The van der Waals surface area contributed by atoms with Crippen molar-refractivity contribution in [3.05, 3.63) is 59.2 Å². The summed E-state index contributed by atoms with van der Waals surface area (Å²) in [6.45, 7) is 2.79. The highest BCUT2D eigenvalue weighted by Crippen LogP contribution is 2.25. The Hall–Kier alpha value is -2.69. The molecule has 1 N–H and O–H groups in total. The number of carbonyl (C=O) groups excluding carboxylic acids is 1. The maximum absolute atomic E-state index is 13.1. The number of hydrogen-bond donors (Lipinski definition) is 1. The van der Waals surface area contributed by atoms with Crippen molar-refractivity contribution in [1.29, 1.82) is 5.26 Å². The van der Waals surface area contributed by atoms with Gasteiger partial charge in [0.1, 0.15) is 6.07 Å². The van der Waals surface area contributed by atoms with Crippen LogP contribution in [0, 0.1) is 11.3 Å². The van der Waals surface area contributed by atoms with Crippen molar-refractivity contribution < 1.29 is 13.2 Å². The molecule has 1 aliphatic rings. The highest BCUT2D eigenvalue weighted by molar-refractivity contribution is 7.89. The highest BCUT2D eigenvalue weighted by atomic mass is 32.2. The Balaban J connectivity index is 1.88. The molecular formula is C21H23N3O3S. The predicted octanol–water partition coefficient (Wildman–Crippen LogP) is 3.55. The van der Waals surface area contributed by atoms with Gasteiger partial charge in [0.05, 0.1) is 16.1 Å². The summed E-state index contributed by atoms with van der Waals surface area (Å²) in [5.74, 6) is -0.0967. The number of benzene rings is 2. The van der Waals surface area contributed by atoms with Gasteiger partial charge in [0, 0.05) is 25.2 Å². The van der Waals surface area contributed by atoms with Crippen molar-refractivity contribution in [2.45, 2.75) is 37.6 Å². The van der Waals surface area contributed by atoms with Gasteiger partial charge >= 0.3 is 0 Å². The Kier molecular flexibility index (Phi) is 6.12. The number of nitrogens with zero attached hydrogens (tertiary/aromatic N) is 2. The fraction of sp³-hybridized carbons (Fsp3) is 0.333. The molecule has 0 saturated carbocycles. The first-order chi connectivity index (χ1) is 13.4. The number of hydrogen-bond acceptors (Lipinski definition) is 5. The first-order valence-corrected chi connectivity index (χ1v) is 10.7. The van der Waals surface area contributed by atoms with Crippen LogP contribution >= 0.6 is 0 Å². The number of anilines is 1. The molecule has 0 amide bonds. The molecule has 146 valence electrons. The number of rotatable bonds is 6. The number of nitriles is 1. The Morgan fingerprint density at radius 2 is 1.86 bits per heavy atom. The number of nitrogens with one attached hydrogen (secondary N) is 1. The van der Waals surface area contributed by atoms with E-state index in [1.54, 1.807) is 46.8 Å². The van der Waals surface area contributed by atoms with E-state index in [-0.39, 0.29) is 17.2 Å². The van der Waals surface area contributed by atoms with Crippen LogP contribution in [0.4, 0.5) is 5.69 Å². The van der Waals surface area contributed by atoms with Crippen LogP contribution in [0.2, 0.25) is 0 Å². The number of ketones is 1. The van der Waals surface area contributed by atoms with Crippen LogP contribution in [0.25, 0.3) is 0 Å². The molecule has 2 aromatic carbocycles. The molecule has 0 atom stereocenters. The van der Waals surface area contributed by atoms with Gasteiger partial charge in [0.2, 0.25) is 10.0 Å². The van der Waals surface area contributed by atoms with Gasteiger partial charge in [0.25, 0.3) is 0 Å². The second-order valence-corrected chi connectivity index (χ2v) is 8.76. The summed E-state index contributed by atoms with van der Waals surface area (Å²) in [6.07, 6.45) is 2.81.